The van der Waals surface area contributed by atoms with Crippen molar-refractivity contribution in [2.24, 2.45) is 0 Å². The summed E-state index contributed by atoms with van der Waals surface area (Å²) in [7, 11) is 0. The molecule has 1 heterocycles. The molecule has 6 nitrogen and oxygen atoms in total. The molecule has 0 spiro atoms. The standard InChI is InChI=1S/C22H25FN4O2S/c1-2-27(14-21(29)25-13-15-6-8-16(23)9-7-15)11-10-20(28)26-22-18(12-24)17-4-3-5-19(17)30-22/h6-9H,2-5,10-11,13-14H2,1H3,(H,25,29)(H,26,28). The van der Waals surface area contributed by atoms with Crippen molar-refractivity contribution < 1.29 is 14.0 Å². The molecule has 0 radical (unpaired) electrons. The highest BCUT2D eigenvalue weighted by Gasteiger charge is 2.23. The lowest BCUT2D eigenvalue weighted by Gasteiger charge is -2.19. The zero-order valence-electron chi connectivity index (χ0n) is 17.0. The predicted octanol–water partition coefficient (Wildman–Crippen LogP) is 3.21. The van der Waals surface area contributed by atoms with Crippen LogP contribution in [0.1, 0.15) is 41.3 Å². The number of hydrogen-bond acceptors (Lipinski definition) is 5. The lowest BCUT2D eigenvalue weighted by Crippen LogP contribution is -2.38. The lowest BCUT2D eigenvalue weighted by atomic mass is 10.1. The number of hydrogen-bond donors (Lipinski definition) is 2. The van der Waals surface area contributed by atoms with E-state index >= 15 is 0 Å². The molecule has 1 aliphatic carbocycles. The van der Waals surface area contributed by atoms with E-state index in [-0.39, 0.29) is 30.6 Å². The molecule has 1 aliphatic rings. The summed E-state index contributed by atoms with van der Waals surface area (Å²) >= 11 is 1.50. The third kappa shape index (κ3) is 5.65. The third-order valence-electron chi connectivity index (χ3n) is 5.16. The van der Waals surface area contributed by atoms with Crippen molar-refractivity contribution in [2.45, 2.75) is 39.2 Å². The van der Waals surface area contributed by atoms with Crippen LogP contribution in [0.15, 0.2) is 24.3 Å². The Morgan fingerprint density at radius 1 is 1.23 bits per heavy atom. The van der Waals surface area contributed by atoms with Crippen LogP contribution in [0.2, 0.25) is 0 Å². The number of benzene rings is 1. The maximum Gasteiger partial charge on any atom is 0.234 e. The average molecular weight is 429 g/mol. The third-order valence-corrected chi connectivity index (χ3v) is 6.37. The Balaban J connectivity index is 1.44. The van der Waals surface area contributed by atoms with Crippen molar-refractivity contribution in [1.82, 2.24) is 10.2 Å². The van der Waals surface area contributed by atoms with E-state index in [4.69, 9.17) is 0 Å². The van der Waals surface area contributed by atoms with Crippen LogP contribution in [-0.4, -0.2) is 36.3 Å². The fourth-order valence-electron chi connectivity index (χ4n) is 3.47. The summed E-state index contributed by atoms with van der Waals surface area (Å²) in [5.41, 5.74) is 2.52. The molecule has 0 unspecified atom stereocenters. The summed E-state index contributed by atoms with van der Waals surface area (Å²) in [6, 6.07) is 8.21. The van der Waals surface area contributed by atoms with Crippen molar-refractivity contribution in [1.29, 1.82) is 5.26 Å². The van der Waals surface area contributed by atoms with Gasteiger partial charge in [0.15, 0.2) is 0 Å². The van der Waals surface area contributed by atoms with Gasteiger partial charge in [0, 0.05) is 24.4 Å². The molecule has 0 saturated heterocycles. The smallest absolute Gasteiger partial charge is 0.234 e. The number of amides is 2. The van der Waals surface area contributed by atoms with Crippen LogP contribution in [0, 0.1) is 17.1 Å². The number of aryl methyl sites for hydroxylation is 1. The molecule has 158 valence electrons. The van der Waals surface area contributed by atoms with Gasteiger partial charge in [-0.2, -0.15) is 5.26 Å². The van der Waals surface area contributed by atoms with E-state index in [0.29, 0.717) is 30.2 Å². The van der Waals surface area contributed by atoms with Gasteiger partial charge in [-0.3, -0.25) is 14.5 Å². The Morgan fingerprint density at radius 2 is 2.00 bits per heavy atom. The summed E-state index contributed by atoms with van der Waals surface area (Å²) in [5.74, 6) is -0.616. The van der Waals surface area contributed by atoms with Gasteiger partial charge in [0.1, 0.15) is 16.9 Å². The maximum atomic E-state index is 12.9. The molecule has 3 rings (SSSR count). The fourth-order valence-corrected chi connectivity index (χ4v) is 4.73. The molecular weight excluding hydrogens is 403 g/mol. The van der Waals surface area contributed by atoms with Crippen molar-refractivity contribution in [3.05, 3.63) is 51.7 Å². The summed E-state index contributed by atoms with van der Waals surface area (Å²) < 4.78 is 12.9. The predicted molar refractivity (Wildman–Crippen MR) is 115 cm³/mol. The summed E-state index contributed by atoms with van der Waals surface area (Å²) in [6.45, 7) is 3.52. The molecule has 0 atom stereocenters. The Morgan fingerprint density at radius 3 is 2.70 bits per heavy atom. The number of carbonyl (C=O) groups is 2. The molecule has 8 heteroatoms. The highest BCUT2D eigenvalue weighted by Crippen LogP contribution is 2.38. The van der Waals surface area contributed by atoms with Gasteiger partial charge in [-0.05, 0) is 49.1 Å². The normalized spacial score (nSPS) is 12.5. The van der Waals surface area contributed by atoms with Crippen molar-refractivity contribution >= 4 is 28.2 Å². The molecule has 0 aliphatic heterocycles. The average Bonchev–Trinajstić information content (AvgIpc) is 3.31. The zero-order valence-corrected chi connectivity index (χ0v) is 17.8. The van der Waals surface area contributed by atoms with Gasteiger partial charge in [-0.1, -0.05) is 19.1 Å². The molecule has 0 saturated carbocycles. The summed E-state index contributed by atoms with van der Waals surface area (Å²) in [6.07, 6.45) is 3.19. The quantitative estimate of drug-likeness (QED) is 0.642. The van der Waals surface area contributed by atoms with Crippen molar-refractivity contribution in [2.75, 3.05) is 25.0 Å². The van der Waals surface area contributed by atoms with Gasteiger partial charge in [0.2, 0.25) is 11.8 Å². The van der Waals surface area contributed by atoms with Crippen molar-refractivity contribution in [3.8, 4) is 6.07 Å². The molecule has 30 heavy (non-hydrogen) atoms. The van der Waals surface area contributed by atoms with E-state index in [1.54, 1.807) is 12.1 Å². The number of nitriles is 1. The Bertz CT molecular complexity index is 949. The first-order chi connectivity index (χ1) is 14.5. The Labute approximate surface area is 179 Å². The number of nitrogens with one attached hydrogen (secondary N) is 2. The van der Waals surface area contributed by atoms with Crippen LogP contribution < -0.4 is 10.6 Å². The molecule has 2 amide bonds. The van der Waals surface area contributed by atoms with E-state index < -0.39 is 0 Å². The maximum absolute atomic E-state index is 12.9. The van der Waals surface area contributed by atoms with Crippen LogP contribution in [0.4, 0.5) is 9.39 Å². The number of halogens is 1. The monoisotopic (exact) mass is 428 g/mol. The molecule has 1 aromatic heterocycles. The highest BCUT2D eigenvalue weighted by atomic mass is 32.1. The second-order valence-electron chi connectivity index (χ2n) is 7.24. The van der Waals surface area contributed by atoms with E-state index in [2.05, 4.69) is 16.7 Å². The molecule has 0 fully saturated rings. The highest BCUT2D eigenvalue weighted by molar-refractivity contribution is 7.16. The van der Waals surface area contributed by atoms with Crippen LogP contribution in [0.3, 0.4) is 0 Å². The zero-order chi connectivity index (χ0) is 21.5. The fraction of sp³-hybridized carbons (Fsp3) is 0.409. The van der Waals surface area contributed by atoms with E-state index in [1.165, 1.54) is 28.3 Å². The molecular formula is C22H25FN4O2S. The van der Waals surface area contributed by atoms with Gasteiger partial charge in [-0.15, -0.1) is 11.3 Å². The van der Waals surface area contributed by atoms with Gasteiger partial charge in [-0.25, -0.2) is 4.39 Å². The minimum absolute atomic E-state index is 0.150. The first-order valence-electron chi connectivity index (χ1n) is 10.1. The van der Waals surface area contributed by atoms with E-state index in [0.717, 1.165) is 30.4 Å². The number of fused-ring (bicyclic) bond motifs is 1. The van der Waals surface area contributed by atoms with Gasteiger partial charge < -0.3 is 10.6 Å². The number of anilines is 1. The van der Waals surface area contributed by atoms with Gasteiger partial charge in [0.05, 0.1) is 12.1 Å². The number of nitrogens with zero attached hydrogens (tertiary/aromatic N) is 2. The second-order valence-corrected chi connectivity index (χ2v) is 8.35. The largest absolute Gasteiger partial charge is 0.351 e. The van der Waals surface area contributed by atoms with E-state index in [1.807, 2.05) is 11.8 Å². The number of rotatable bonds is 9. The van der Waals surface area contributed by atoms with Crippen LogP contribution >= 0.6 is 11.3 Å². The lowest BCUT2D eigenvalue weighted by molar-refractivity contribution is -0.123. The van der Waals surface area contributed by atoms with Crippen LogP contribution in [0.25, 0.3) is 0 Å². The van der Waals surface area contributed by atoms with Crippen LogP contribution in [0.5, 0.6) is 0 Å². The van der Waals surface area contributed by atoms with Gasteiger partial charge in [0.25, 0.3) is 0 Å². The minimum Gasteiger partial charge on any atom is -0.351 e. The number of carbonyl (C=O) groups excluding carboxylic acids is 2. The second kappa shape index (κ2) is 10.3. The summed E-state index contributed by atoms with van der Waals surface area (Å²) in [5, 5.41) is 15.7. The van der Waals surface area contributed by atoms with E-state index in [9.17, 15) is 19.2 Å². The first kappa shape index (κ1) is 21.9. The Hall–Kier alpha value is -2.76. The molecule has 0 bridgehead atoms. The number of likely N-dealkylation sites (N-methyl/N-ethyl adjacent to an activating group) is 1. The minimum atomic E-state index is -0.311. The van der Waals surface area contributed by atoms with Crippen molar-refractivity contribution in [3.63, 3.8) is 0 Å². The van der Waals surface area contributed by atoms with Crippen LogP contribution in [-0.2, 0) is 29.0 Å². The topological polar surface area (TPSA) is 85.2 Å². The SMILES string of the molecule is CCN(CCC(=O)Nc1sc2c(c1C#N)CCC2)CC(=O)NCc1ccc(F)cc1. The first-order valence-corrected chi connectivity index (χ1v) is 10.9. The number of thiophene rings is 1. The van der Waals surface area contributed by atoms with Gasteiger partial charge >= 0.3 is 0 Å². The molecule has 2 N–H and O–H groups in total. The summed E-state index contributed by atoms with van der Waals surface area (Å²) in [4.78, 5) is 27.7. The molecule has 2 aromatic rings. The molecule has 1 aromatic carbocycles. The Kier molecular flexibility index (Phi) is 7.55.